The van der Waals surface area contributed by atoms with Gasteiger partial charge in [0.2, 0.25) is 0 Å². The predicted octanol–water partition coefficient (Wildman–Crippen LogP) is 8.76. The van der Waals surface area contributed by atoms with Crippen molar-refractivity contribution in [2.24, 2.45) is 10.9 Å². The Kier molecular flexibility index (Phi) is 11.1. The molecule has 2 atom stereocenters. The van der Waals surface area contributed by atoms with Gasteiger partial charge in [-0.2, -0.15) is 4.99 Å². The quantitative estimate of drug-likeness (QED) is 0.169. The van der Waals surface area contributed by atoms with Gasteiger partial charge in [-0.3, -0.25) is 0 Å². The summed E-state index contributed by atoms with van der Waals surface area (Å²) in [4.78, 5) is 23.7. The normalized spacial score (nSPS) is 16.7. The van der Waals surface area contributed by atoms with Gasteiger partial charge in [-0.05, 0) is 91.6 Å². The number of aromatic nitrogens is 3. The highest BCUT2D eigenvalue weighted by molar-refractivity contribution is 8.14. The lowest BCUT2D eigenvalue weighted by atomic mass is 9.97. The Morgan fingerprint density at radius 3 is 2.50 bits per heavy atom. The molecule has 0 aliphatic carbocycles. The van der Waals surface area contributed by atoms with Crippen LogP contribution in [0.15, 0.2) is 78.0 Å². The minimum absolute atomic E-state index is 0.113. The van der Waals surface area contributed by atoms with E-state index in [1.54, 1.807) is 12.1 Å². The van der Waals surface area contributed by atoms with Crippen molar-refractivity contribution in [3.8, 4) is 22.8 Å². The van der Waals surface area contributed by atoms with Gasteiger partial charge in [0.05, 0.1) is 5.69 Å². The molecule has 8 nitrogen and oxygen atoms in total. The molecule has 13 heteroatoms. The average Bonchev–Trinajstić information content (AvgIpc) is 3.52. The van der Waals surface area contributed by atoms with Crippen LogP contribution in [0.25, 0.3) is 17.1 Å². The number of rotatable bonds is 10. The second-order valence-electron chi connectivity index (χ2n) is 12.2. The van der Waals surface area contributed by atoms with Crippen LogP contribution in [0.3, 0.4) is 0 Å². The van der Waals surface area contributed by atoms with E-state index in [1.807, 2.05) is 38.1 Å². The molecule has 3 aromatic carbocycles. The molecule has 254 valence electrons. The summed E-state index contributed by atoms with van der Waals surface area (Å²) in [6.07, 6.45) is -0.748. The Hall–Kier alpha value is -4.39. The van der Waals surface area contributed by atoms with Gasteiger partial charge in [-0.1, -0.05) is 56.8 Å². The van der Waals surface area contributed by atoms with Crippen LogP contribution in [0.1, 0.15) is 57.6 Å². The highest BCUT2D eigenvalue weighted by Crippen LogP contribution is 2.35. The summed E-state index contributed by atoms with van der Waals surface area (Å²) in [7, 11) is 0. The summed E-state index contributed by atoms with van der Waals surface area (Å²) in [5.74, 6) is 1.16. The number of thioether (sulfide) groups is 1. The van der Waals surface area contributed by atoms with Crippen molar-refractivity contribution in [1.82, 2.24) is 20.1 Å². The van der Waals surface area contributed by atoms with E-state index in [1.165, 1.54) is 53.1 Å². The Morgan fingerprint density at radius 1 is 1.08 bits per heavy atom. The third-order valence-corrected chi connectivity index (χ3v) is 9.00. The Bertz CT molecular complexity index is 1720. The molecule has 0 saturated carbocycles. The van der Waals surface area contributed by atoms with Crippen LogP contribution in [0, 0.1) is 11.7 Å². The van der Waals surface area contributed by atoms with Gasteiger partial charge in [-0.15, -0.1) is 18.3 Å². The van der Waals surface area contributed by atoms with Crippen LogP contribution in [-0.2, 0) is 6.42 Å². The molecule has 2 amide bonds. The van der Waals surface area contributed by atoms with Gasteiger partial charge in [0.25, 0.3) is 0 Å². The smallest absolute Gasteiger partial charge is 0.406 e. The van der Waals surface area contributed by atoms with Crippen LogP contribution >= 0.6 is 11.8 Å². The summed E-state index contributed by atoms with van der Waals surface area (Å²) in [6.45, 7) is 8.76. The second-order valence-corrected chi connectivity index (χ2v) is 13.3. The standard InChI is InChI=1S/C35H38F4N6O2S/c1-22(2)30-20-27(36)9-14-31(30)45-24(4)16-18-48-34(45)42-33(46)40-17-15-23(3)19-25-5-7-26(8-6-25)32-41-21-44(43-32)28-10-12-29(13-11-28)47-35(37,38)39/h5-14,20-24H,15-19H2,1-4H3,(H,40,46)/b42-34-. The Labute approximate surface area is 281 Å². The third-order valence-electron chi connectivity index (χ3n) is 8.02. The molecule has 1 aromatic heterocycles. The molecule has 4 aromatic rings. The number of ether oxygens (including phenoxy) is 1. The monoisotopic (exact) mass is 682 g/mol. The van der Waals surface area contributed by atoms with Crippen LogP contribution < -0.4 is 15.0 Å². The number of hydrogen-bond acceptors (Lipinski definition) is 5. The number of nitrogens with zero attached hydrogens (tertiary/aromatic N) is 5. The van der Waals surface area contributed by atoms with E-state index in [9.17, 15) is 22.4 Å². The van der Waals surface area contributed by atoms with Crippen molar-refractivity contribution < 1.29 is 27.1 Å². The summed E-state index contributed by atoms with van der Waals surface area (Å²) < 4.78 is 56.8. The van der Waals surface area contributed by atoms with Crippen molar-refractivity contribution >= 4 is 28.6 Å². The number of halogens is 4. The van der Waals surface area contributed by atoms with Crippen LogP contribution in [-0.4, -0.2) is 50.7 Å². The lowest BCUT2D eigenvalue weighted by Crippen LogP contribution is -2.42. The summed E-state index contributed by atoms with van der Waals surface area (Å²) in [5, 5.41) is 8.02. The molecule has 1 N–H and O–H groups in total. The molecule has 1 saturated heterocycles. The first-order chi connectivity index (χ1) is 22.9. The van der Waals surface area contributed by atoms with Crippen LogP contribution in [0.4, 0.5) is 28.0 Å². The molecule has 1 fully saturated rings. The van der Waals surface area contributed by atoms with E-state index in [2.05, 4.69) is 43.9 Å². The van der Waals surface area contributed by atoms with Crippen LogP contribution in [0.2, 0.25) is 0 Å². The highest BCUT2D eigenvalue weighted by atomic mass is 32.2. The van der Waals surface area contributed by atoms with Crippen LogP contribution in [0.5, 0.6) is 5.75 Å². The molecule has 1 aliphatic rings. The number of carbonyl (C=O) groups excluding carboxylic acids is 1. The molecule has 48 heavy (non-hydrogen) atoms. The number of amides is 2. The van der Waals surface area contributed by atoms with Crippen molar-refractivity contribution in [2.75, 3.05) is 17.2 Å². The molecule has 0 spiro atoms. The SMILES string of the molecule is CC(CCNC(=O)/N=C1\SCCC(C)N1c1ccc(F)cc1C(C)C)Cc1ccc(-c2ncn(-c3ccc(OC(F)(F)F)cc3)n2)cc1. The van der Waals surface area contributed by atoms with Gasteiger partial charge in [0.15, 0.2) is 11.0 Å². The molecule has 0 bridgehead atoms. The van der Waals surface area contributed by atoms with E-state index in [4.69, 9.17) is 0 Å². The topological polar surface area (TPSA) is 84.6 Å². The second kappa shape index (κ2) is 15.2. The number of aliphatic imine (C=N–C) groups is 1. The number of carbonyl (C=O) groups is 1. The van der Waals surface area contributed by atoms with E-state index >= 15 is 0 Å². The maximum Gasteiger partial charge on any atom is 0.573 e. The maximum atomic E-state index is 14.1. The van der Waals surface area contributed by atoms with E-state index < -0.39 is 6.36 Å². The first-order valence-corrected chi connectivity index (χ1v) is 16.8. The molecular formula is C35H38F4N6O2S. The Morgan fingerprint density at radius 2 is 1.81 bits per heavy atom. The zero-order chi connectivity index (χ0) is 34.4. The van der Waals surface area contributed by atoms with E-state index in [-0.39, 0.29) is 29.6 Å². The first kappa shape index (κ1) is 34.9. The fourth-order valence-corrected chi connectivity index (χ4v) is 6.71. The van der Waals surface area contributed by atoms with Gasteiger partial charge in [-0.25, -0.2) is 18.9 Å². The molecule has 5 rings (SSSR count). The minimum atomic E-state index is -4.75. The minimum Gasteiger partial charge on any atom is -0.406 e. The van der Waals surface area contributed by atoms with Gasteiger partial charge >= 0.3 is 12.4 Å². The van der Waals surface area contributed by atoms with E-state index in [0.717, 1.165) is 47.4 Å². The number of alkyl halides is 3. The third kappa shape index (κ3) is 9.15. The Balaban J connectivity index is 1.13. The van der Waals surface area contributed by atoms with Gasteiger partial charge < -0.3 is 15.0 Å². The van der Waals surface area contributed by atoms with Gasteiger partial charge in [0, 0.05) is 29.6 Å². The van der Waals surface area contributed by atoms with Crippen molar-refractivity contribution in [1.29, 1.82) is 0 Å². The highest BCUT2D eigenvalue weighted by Gasteiger charge is 2.31. The number of amidine groups is 1. The van der Waals surface area contributed by atoms with Gasteiger partial charge in [0.1, 0.15) is 17.9 Å². The molecular weight excluding hydrogens is 644 g/mol. The molecule has 0 radical (unpaired) electrons. The van der Waals surface area contributed by atoms with Crippen molar-refractivity contribution in [3.63, 3.8) is 0 Å². The zero-order valence-corrected chi connectivity index (χ0v) is 28.0. The molecule has 1 aliphatic heterocycles. The lowest BCUT2D eigenvalue weighted by molar-refractivity contribution is -0.274. The predicted molar refractivity (Wildman–Crippen MR) is 181 cm³/mol. The molecule has 2 unspecified atom stereocenters. The first-order valence-electron chi connectivity index (χ1n) is 15.8. The fraction of sp³-hybridized carbons (Fsp3) is 0.371. The lowest BCUT2D eigenvalue weighted by Gasteiger charge is -2.37. The largest absolute Gasteiger partial charge is 0.573 e. The zero-order valence-electron chi connectivity index (χ0n) is 27.2. The number of urea groups is 1. The van der Waals surface area contributed by atoms with Crippen molar-refractivity contribution in [2.45, 2.75) is 65.3 Å². The number of anilines is 1. The summed E-state index contributed by atoms with van der Waals surface area (Å²) in [5.41, 5.74) is 4.25. The number of benzene rings is 3. The maximum absolute atomic E-state index is 14.1. The fourth-order valence-electron chi connectivity index (χ4n) is 5.51. The van der Waals surface area contributed by atoms with E-state index in [0.29, 0.717) is 29.1 Å². The molecule has 2 heterocycles. The number of hydrogen-bond donors (Lipinski definition) is 1. The summed E-state index contributed by atoms with van der Waals surface area (Å²) >= 11 is 1.54. The summed E-state index contributed by atoms with van der Waals surface area (Å²) in [6, 6.07) is 17.8. The number of nitrogens with one attached hydrogen (secondary N) is 1. The average molecular weight is 683 g/mol. The van der Waals surface area contributed by atoms with Crippen molar-refractivity contribution in [3.05, 3.63) is 90.0 Å².